The molecular weight excluding hydrogens is 408 g/mol. The number of aliphatic hydroxyl groups excluding tert-OH is 1. The Hall–Kier alpha value is -2.68. The van der Waals surface area contributed by atoms with Gasteiger partial charge in [0.15, 0.2) is 6.10 Å². The van der Waals surface area contributed by atoms with Crippen LogP contribution in [0, 0.1) is 5.92 Å². The van der Waals surface area contributed by atoms with Gasteiger partial charge in [0.05, 0.1) is 23.4 Å². The summed E-state index contributed by atoms with van der Waals surface area (Å²) < 4.78 is 22.1. The van der Waals surface area contributed by atoms with Crippen LogP contribution < -0.4 is 0 Å². The maximum Gasteiger partial charge on any atom is 0.338 e. The third-order valence-electron chi connectivity index (χ3n) is 5.94. The number of ether oxygens (including phenoxy) is 4. The van der Waals surface area contributed by atoms with Crippen LogP contribution in [-0.2, 0) is 38.1 Å². The van der Waals surface area contributed by atoms with Gasteiger partial charge in [0.25, 0.3) is 0 Å². The summed E-state index contributed by atoms with van der Waals surface area (Å²) in [6.45, 7) is 5.92. The zero-order valence-electron chi connectivity index (χ0n) is 18.1. The molecule has 5 atom stereocenters. The number of esters is 3. The molecule has 2 heterocycles. The van der Waals surface area contributed by atoms with Gasteiger partial charge in [0, 0.05) is 24.8 Å². The van der Waals surface area contributed by atoms with Gasteiger partial charge in [-0.25, -0.2) is 4.79 Å². The van der Waals surface area contributed by atoms with Gasteiger partial charge in [-0.2, -0.15) is 0 Å². The Bertz CT molecular complexity index is 851. The SMILES string of the molecule is CC(=O)OCC1=C2[C@@H](OC1=O)[C@H]1O[C@@]1(C)CCC(=O)[C@@H](C)C[C@H]2OC(=O)CC=C(C)O. The van der Waals surface area contributed by atoms with Gasteiger partial charge in [-0.05, 0) is 32.8 Å². The molecule has 170 valence electrons. The van der Waals surface area contributed by atoms with E-state index < -0.39 is 47.7 Å². The van der Waals surface area contributed by atoms with Gasteiger partial charge in [-0.3, -0.25) is 14.4 Å². The summed E-state index contributed by atoms with van der Waals surface area (Å²) >= 11 is 0. The lowest BCUT2D eigenvalue weighted by molar-refractivity contribution is -0.148. The molecule has 9 nitrogen and oxygen atoms in total. The van der Waals surface area contributed by atoms with Crippen LogP contribution in [0.4, 0.5) is 0 Å². The minimum atomic E-state index is -0.938. The maximum atomic E-state index is 12.6. The number of carbonyl (C=O) groups is 4. The Balaban J connectivity index is 1.99. The predicted molar refractivity (Wildman–Crippen MR) is 106 cm³/mol. The van der Waals surface area contributed by atoms with Crippen molar-refractivity contribution >= 4 is 23.7 Å². The van der Waals surface area contributed by atoms with E-state index in [-0.39, 0.29) is 36.6 Å². The summed E-state index contributed by atoms with van der Waals surface area (Å²) in [4.78, 5) is 49.0. The molecule has 0 spiro atoms. The molecule has 2 aliphatic heterocycles. The average Bonchev–Trinajstić information content (AvgIpc) is 3.24. The van der Waals surface area contributed by atoms with Crippen LogP contribution in [0.15, 0.2) is 23.0 Å². The first-order valence-electron chi connectivity index (χ1n) is 10.3. The van der Waals surface area contributed by atoms with E-state index in [0.717, 1.165) is 0 Å². The lowest BCUT2D eigenvalue weighted by atomic mass is 9.83. The number of carbonyl (C=O) groups excluding carboxylic acids is 4. The standard InChI is InChI=1S/C22H28O9/c1-11-9-16(29-17(26)6-5-12(2)23)18-14(10-28-13(3)24)21(27)30-19(18)20-22(4,31-20)8-7-15(11)25/h5,11,16,19-20,23H,6-10H2,1-4H3/t11-,16+,19+,20+,22-/m0/s1. The number of hydrogen-bond donors (Lipinski definition) is 1. The molecule has 0 bridgehead atoms. The highest BCUT2D eigenvalue weighted by atomic mass is 16.6. The van der Waals surface area contributed by atoms with Crippen molar-refractivity contribution in [2.24, 2.45) is 5.92 Å². The minimum absolute atomic E-state index is 0.00782. The van der Waals surface area contributed by atoms with Crippen LogP contribution in [0.25, 0.3) is 0 Å². The summed E-state index contributed by atoms with van der Waals surface area (Å²) in [6.07, 6.45) is -0.132. The molecule has 31 heavy (non-hydrogen) atoms. The summed E-state index contributed by atoms with van der Waals surface area (Å²) in [7, 11) is 0. The number of hydrogen-bond acceptors (Lipinski definition) is 9. The Morgan fingerprint density at radius 2 is 2.00 bits per heavy atom. The van der Waals surface area contributed by atoms with Crippen LogP contribution >= 0.6 is 0 Å². The Morgan fingerprint density at radius 3 is 2.65 bits per heavy atom. The molecule has 1 N–H and O–H groups in total. The fraction of sp³-hybridized carbons (Fsp3) is 0.636. The second-order valence-electron chi connectivity index (χ2n) is 8.52. The molecule has 0 aromatic heterocycles. The van der Waals surface area contributed by atoms with Crippen LogP contribution in [0.1, 0.15) is 53.4 Å². The average molecular weight is 436 g/mol. The Kier molecular flexibility index (Phi) is 6.54. The summed E-state index contributed by atoms with van der Waals surface area (Å²) in [5.74, 6) is -2.33. The van der Waals surface area contributed by atoms with Crippen LogP contribution in [0.3, 0.4) is 0 Å². The molecule has 3 rings (SSSR count). The van der Waals surface area contributed by atoms with E-state index in [1.165, 1.54) is 19.9 Å². The van der Waals surface area contributed by atoms with E-state index in [1.54, 1.807) is 6.92 Å². The van der Waals surface area contributed by atoms with E-state index in [4.69, 9.17) is 18.9 Å². The zero-order chi connectivity index (χ0) is 22.9. The molecular formula is C22H28O9. The number of Topliss-reactive ketones (excluding diaryl/α,β-unsaturated/α-hetero) is 1. The Morgan fingerprint density at radius 1 is 1.29 bits per heavy atom. The third kappa shape index (κ3) is 5.15. The van der Waals surface area contributed by atoms with Crippen molar-refractivity contribution < 1.29 is 43.2 Å². The normalized spacial score (nSPS) is 33.2. The number of allylic oxidation sites excluding steroid dienone is 1. The molecule has 1 saturated heterocycles. The van der Waals surface area contributed by atoms with E-state index in [0.29, 0.717) is 18.4 Å². The number of ketones is 1. The van der Waals surface area contributed by atoms with Crippen molar-refractivity contribution in [1.29, 1.82) is 0 Å². The van der Waals surface area contributed by atoms with Gasteiger partial charge < -0.3 is 24.1 Å². The maximum absolute atomic E-state index is 12.6. The van der Waals surface area contributed by atoms with E-state index in [1.807, 2.05) is 6.92 Å². The quantitative estimate of drug-likeness (QED) is 0.298. The first-order chi connectivity index (χ1) is 14.5. The molecule has 1 aliphatic carbocycles. The molecule has 0 amide bonds. The second kappa shape index (κ2) is 8.82. The van der Waals surface area contributed by atoms with E-state index in [9.17, 15) is 24.3 Å². The number of epoxide rings is 1. The van der Waals surface area contributed by atoms with E-state index in [2.05, 4.69) is 0 Å². The smallest absolute Gasteiger partial charge is 0.338 e. The number of fused-ring (bicyclic) bond motifs is 3. The van der Waals surface area contributed by atoms with Crippen molar-refractivity contribution in [3.63, 3.8) is 0 Å². The zero-order valence-corrected chi connectivity index (χ0v) is 18.1. The fourth-order valence-electron chi connectivity index (χ4n) is 4.04. The van der Waals surface area contributed by atoms with Crippen molar-refractivity contribution in [2.45, 2.75) is 77.3 Å². The molecule has 0 aromatic rings. The molecule has 3 aliphatic rings. The van der Waals surface area contributed by atoms with Crippen molar-refractivity contribution in [3.8, 4) is 0 Å². The first kappa shape index (κ1) is 23.0. The number of rotatable bonds is 5. The second-order valence-corrected chi connectivity index (χ2v) is 8.52. The number of aliphatic hydroxyl groups is 1. The summed E-state index contributed by atoms with van der Waals surface area (Å²) in [5, 5.41) is 9.32. The molecule has 2 fully saturated rings. The van der Waals surface area contributed by atoms with Gasteiger partial charge in [-0.15, -0.1) is 0 Å². The molecule has 9 heteroatoms. The fourth-order valence-corrected chi connectivity index (χ4v) is 4.04. The molecule has 0 aromatic carbocycles. The van der Waals surface area contributed by atoms with Crippen LogP contribution in [0.2, 0.25) is 0 Å². The molecule has 1 saturated carbocycles. The summed E-state index contributed by atoms with van der Waals surface area (Å²) in [6, 6.07) is 0. The van der Waals surface area contributed by atoms with Crippen molar-refractivity contribution in [2.75, 3.05) is 6.61 Å². The largest absolute Gasteiger partial charge is 0.513 e. The van der Waals surface area contributed by atoms with Crippen LogP contribution in [0.5, 0.6) is 0 Å². The van der Waals surface area contributed by atoms with Gasteiger partial charge in [0.2, 0.25) is 0 Å². The topological polar surface area (TPSA) is 129 Å². The van der Waals surface area contributed by atoms with Gasteiger partial charge >= 0.3 is 17.9 Å². The van der Waals surface area contributed by atoms with E-state index >= 15 is 0 Å². The predicted octanol–water partition coefficient (Wildman–Crippen LogP) is 2.08. The van der Waals surface area contributed by atoms with Crippen LogP contribution in [-0.4, -0.2) is 59.3 Å². The lowest BCUT2D eigenvalue weighted by Gasteiger charge is -2.27. The first-order valence-corrected chi connectivity index (χ1v) is 10.3. The van der Waals surface area contributed by atoms with Gasteiger partial charge in [-0.1, -0.05) is 6.92 Å². The highest BCUT2D eigenvalue weighted by Crippen LogP contribution is 2.49. The molecule has 0 radical (unpaired) electrons. The summed E-state index contributed by atoms with van der Waals surface area (Å²) in [5.41, 5.74) is -0.157. The molecule has 0 unspecified atom stereocenters. The van der Waals surface area contributed by atoms with Gasteiger partial charge in [0.1, 0.15) is 24.6 Å². The van der Waals surface area contributed by atoms with Crippen molar-refractivity contribution in [3.05, 3.63) is 23.0 Å². The Labute approximate surface area is 180 Å². The third-order valence-corrected chi connectivity index (χ3v) is 5.94. The highest BCUT2D eigenvalue weighted by Gasteiger charge is 2.62. The lowest BCUT2D eigenvalue weighted by Crippen LogP contribution is -2.36. The highest BCUT2D eigenvalue weighted by molar-refractivity contribution is 5.93. The minimum Gasteiger partial charge on any atom is -0.513 e. The monoisotopic (exact) mass is 436 g/mol. The van der Waals surface area contributed by atoms with Crippen molar-refractivity contribution in [1.82, 2.24) is 0 Å².